The Morgan fingerprint density at radius 2 is 2.16 bits per heavy atom. The number of nitrogens with zero attached hydrogens (tertiary/aromatic N) is 3. The van der Waals surface area contributed by atoms with Gasteiger partial charge in [-0.25, -0.2) is 0 Å². The first-order valence-corrected chi connectivity index (χ1v) is 6.34. The maximum Gasteiger partial charge on any atom is 0.136 e. The van der Waals surface area contributed by atoms with Crippen molar-refractivity contribution in [3.8, 4) is 5.75 Å². The van der Waals surface area contributed by atoms with Crippen LogP contribution in [0.25, 0.3) is 0 Å². The lowest BCUT2D eigenvalue weighted by atomic mass is 10.2. The SMILES string of the molecule is COCCn1cnnc1CCOc1cccc(C)c1. The van der Waals surface area contributed by atoms with Gasteiger partial charge in [0.25, 0.3) is 0 Å². The van der Waals surface area contributed by atoms with Crippen LogP contribution in [0.4, 0.5) is 0 Å². The summed E-state index contributed by atoms with van der Waals surface area (Å²) in [4.78, 5) is 0. The predicted octanol–water partition coefficient (Wildman–Crippen LogP) is 1.85. The summed E-state index contributed by atoms with van der Waals surface area (Å²) < 4.78 is 12.7. The van der Waals surface area contributed by atoms with Crippen LogP contribution in [-0.2, 0) is 17.7 Å². The first kappa shape index (κ1) is 13.5. The van der Waals surface area contributed by atoms with Gasteiger partial charge < -0.3 is 14.0 Å². The van der Waals surface area contributed by atoms with Crippen molar-refractivity contribution < 1.29 is 9.47 Å². The third-order valence-corrected chi connectivity index (χ3v) is 2.82. The number of aryl methyl sites for hydroxylation is 1. The average molecular weight is 261 g/mol. The molecular formula is C14H19N3O2. The molecular weight excluding hydrogens is 242 g/mol. The summed E-state index contributed by atoms with van der Waals surface area (Å²) in [7, 11) is 1.69. The monoisotopic (exact) mass is 261 g/mol. The molecule has 102 valence electrons. The molecule has 0 radical (unpaired) electrons. The van der Waals surface area contributed by atoms with Gasteiger partial charge in [0.15, 0.2) is 0 Å². The van der Waals surface area contributed by atoms with E-state index in [2.05, 4.69) is 10.2 Å². The van der Waals surface area contributed by atoms with E-state index in [1.165, 1.54) is 5.56 Å². The molecule has 0 unspecified atom stereocenters. The van der Waals surface area contributed by atoms with Crippen LogP contribution in [0.3, 0.4) is 0 Å². The molecule has 2 rings (SSSR count). The summed E-state index contributed by atoms with van der Waals surface area (Å²) >= 11 is 0. The van der Waals surface area contributed by atoms with Crippen LogP contribution in [-0.4, -0.2) is 35.1 Å². The molecule has 0 bridgehead atoms. The second-order valence-electron chi connectivity index (χ2n) is 4.35. The Labute approximate surface area is 113 Å². The number of benzene rings is 1. The van der Waals surface area contributed by atoms with Gasteiger partial charge in [-0.2, -0.15) is 0 Å². The zero-order chi connectivity index (χ0) is 13.5. The van der Waals surface area contributed by atoms with Crippen molar-refractivity contribution >= 4 is 0 Å². The Balaban J connectivity index is 1.84. The minimum Gasteiger partial charge on any atom is -0.493 e. The Kier molecular flexibility index (Phi) is 4.92. The highest BCUT2D eigenvalue weighted by molar-refractivity contribution is 5.27. The van der Waals surface area contributed by atoms with Gasteiger partial charge >= 0.3 is 0 Å². The van der Waals surface area contributed by atoms with Gasteiger partial charge in [0.05, 0.1) is 13.2 Å². The molecule has 0 fully saturated rings. The van der Waals surface area contributed by atoms with E-state index in [0.29, 0.717) is 13.2 Å². The fraction of sp³-hybridized carbons (Fsp3) is 0.429. The maximum atomic E-state index is 5.71. The summed E-state index contributed by atoms with van der Waals surface area (Å²) in [6, 6.07) is 8.03. The summed E-state index contributed by atoms with van der Waals surface area (Å²) in [5, 5.41) is 8.01. The van der Waals surface area contributed by atoms with Gasteiger partial charge in [0, 0.05) is 20.1 Å². The molecule has 0 amide bonds. The highest BCUT2D eigenvalue weighted by Gasteiger charge is 2.04. The Hall–Kier alpha value is -1.88. The molecule has 0 spiro atoms. The lowest BCUT2D eigenvalue weighted by molar-refractivity contribution is 0.185. The van der Waals surface area contributed by atoms with E-state index in [0.717, 1.165) is 24.5 Å². The minimum absolute atomic E-state index is 0.592. The number of hydrogen-bond donors (Lipinski definition) is 0. The van der Waals surface area contributed by atoms with Crippen LogP contribution in [0.1, 0.15) is 11.4 Å². The van der Waals surface area contributed by atoms with E-state index in [1.807, 2.05) is 35.8 Å². The van der Waals surface area contributed by atoms with Gasteiger partial charge in [-0.1, -0.05) is 12.1 Å². The van der Waals surface area contributed by atoms with Gasteiger partial charge in [0.1, 0.15) is 17.9 Å². The fourth-order valence-electron chi connectivity index (χ4n) is 1.81. The van der Waals surface area contributed by atoms with E-state index in [9.17, 15) is 0 Å². The van der Waals surface area contributed by atoms with Crippen LogP contribution in [0.2, 0.25) is 0 Å². The first-order valence-electron chi connectivity index (χ1n) is 6.34. The molecule has 0 saturated carbocycles. The molecule has 19 heavy (non-hydrogen) atoms. The van der Waals surface area contributed by atoms with Crippen molar-refractivity contribution in [3.63, 3.8) is 0 Å². The standard InChI is InChI=1S/C14H19N3O2/c1-12-4-3-5-13(10-12)19-8-6-14-16-15-11-17(14)7-9-18-2/h3-5,10-11H,6-9H2,1-2H3. The van der Waals surface area contributed by atoms with E-state index in [1.54, 1.807) is 13.4 Å². The Morgan fingerprint density at radius 1 is 1.26 bits per heavy atom. The van der Waals surface area contributed by atoms with Crippen molar-refractivity contribution in [2.75, 3.05) is 20.3 Å². The first-order chi connectivity index (χ1) is 9.29. The second-order valence-corrected chi connectivity index (χ2v) is 4.35. The maximum absolute atomic E-state index is 5.71. The fourth-order valence-corrected chi connectivity index (χ4v) is 1.81. The van der Waals surface area contributed by atoms with Gasteiger partial charge in [-0.05, 0) is 24.6 Å². The summed E-state index contributed by atoms with van der Waals surface area (Å²) in [6.45, 7) is 4.07. The van der Waals surface area contributed by atoms with Crippen molar-refractivity contribution in [3.05, 3.63) is 42.0 Å². The van der Waals surface area contributed by atoms with E-state index in [4.69, 9.17) is 9.47 Å². The van der Waals surface area contributed by atoms with Crippen molar-refractivity contribution in [1.82, 2.24) is 14.8 Å². The normalized spacial score (nSPS) is 10.6. The lowest BCUT2D eigenvalue weighted by Crippen LogP contribution is -2.11. The molecule has 5 nitrogen and oxygen atoms in total. The second kappa shape index (κ2) is 6.89. The Bertz CT molecular complexity index is 511. The number of ether oxygens (including phenoxy) is 2. The van der Waals surface area contributed by atoms with E-state index in [-0.39, 0.29) is 0 Å². The van der Waals surface area contributed by atoms with Crippen molar-refractivity contribution in [1.29, 1.82) is 0 Å². The molecule has 1 aromatic heterocycles. The molecule has 0 aliphatic carbocycles. The van der Waals surface area contributed by atoms with Crippen LogP contribution in [0.5, 0.6) is 5.75 Å². The molecule has 0 aliphatic rings. The zero-order valence-electron chi connectivity index (χ0n) is 11.4. The average Bonchev–Trinajstić information content (AvgIpc) is 2.84. The number of methoxy groups -OCH3 is 1. The molecule has 0 saturated heterocycles. The lowest BCUT2D eigenvalue weighted by Gasteiger charge is -2.08. The van der Waals surface area contributed by atoms with Crippen molar-refractivity contribution in [2.24, 2.45) is 0 Å². The third kappa shape index (κ3) is 4.06. The molecule has 0 atom stereocenters. The molecule has 5 heteroatoms. The predicted molar refractivity (Wildman–Crippen MR) is 72.3 cm³/mol. The van der Waals surface area contributed by atoms with E-state index < -0.39 is 0 Å². The topological polar surface area (TPSA) is 49.2 Å². The van der Waals surface area contributed by atoms with Crippen molar-refractivity contribution in [2.45, 2.75) is 19.9 Å². The quantitative estimate of drug-likeness (QED) is 0.763. The van der Waals surface area contributed by atoms with Gasteiger partial charge in [0.2, 0.25) is 0 Å². The summed E-state index contributed by atoms with van der Waals surface area (Å²) in [5.74, 6) is 1.81. The van der Waals surface area contributed by atoms with Crippen LogP contribution in [0.15, 0.2) is 30.6 Å². The zero-order valence-corrected chi connectivity index (χ0v) is 11.4. The highest BCUT2D eigenvalue weighted by Crippen LogP contribution is 2.12. The number of rotatable bonds is 7. The number of aromatic nitrogens is 3. The van der Waals surface area contributed by atoms with Crippen LogP contribution in [0, 0.1) is 6.92 Å². The molecule has 2 aromatic rings. The molecule has 1 aromatic carbocycles. The summed E-state index contributed by atoms with van der Waals surface area (Å²) in [6.07, 6.45) is 2.46. The van der Waals surface area contributed by atoms with Crippen LogP contribution < -0.4 is 4.74 Å². The van der Waals surface area contributed by atoms with Crippen LogP contribution >= 0.6 is 0 Å². The van der Waals surface area contributed by atoms with E-state index >= 15 is 0 Å². The van der Waals surface area contributed by atoms with Gasteiger partial charge in [-0.15, -0.1) is 10.2 Å². The Morgan fingerprint density at radius 3 is 2.95 bits per heavy atom. The summed E-state index contributed by atoms with van der Waals surface area (Å²) in [5.41, 5.74) is 1.20. The molecule has 1 heterocycles. The highest BCUT2D eigenvalue weighted by atomic mass is 16.5. The third-order valence-electron chi connectivity index (χ3n) is 2.82. The molecule has 0 N–H and O–H groups in total. The minimum atomic E-state index is 0.592. The smallest absolute Gasteiger partial charge is 0.136 e. The molecule has 0 aliphatic heterocycles. The largest absolute Gasteiger partial charge is 0.493 e. The number of hydrogen-bond acceptors (Lipinski definition) is 4. The van der Waals surface area contributed by atoms with Gasteiger partial charge in [-0.3, -0.25) is 0 Å².